The first-order chi connectivity index (χ1) is 16.5. The second-order valence-electron chi connectivity index (χ2n) is 8.58. The third-order valence-electron chi connectivity index (χ3n) is 6.32. The number of nitrogens with one attached hydrogen (secondary N) is 2. The highest BCUT2D eigenvalue weighted by Gasteiger charge is 2.22. The molecule has 1 heterocycles. The van der Waals surface area contributed by atoms with Crippen molar-refractivity contribution >= 4 is 11.4 Å². The monoisotopic (exact) mass is 452 g/mol. The van der Waals surface area contributed by atoms with Gasteiger partial charge in [-0.1, -0.05) is 55.6 Å². The van der Waals surface area contributed by atoms with Crippen LogP contribution >= 0.6 is 0 Å². The van der Waals surface area contributed by atoms with Crippen LogP contribution in [0.5, 0.6) is 0 Å². The van der Waals surface area contributed by atoms with Crippen LogP contribution in [0.2, 0.25) is 0 Å². The number of piperidine rings is 1. The number of hydrogen-bond acceptors (Lipinski definition) is 4. The maximum atomic E-state index is 14.5. The van der Waals surface area contributed by atoms with E-state index >= 15 is 0 Å². The molecule has 2 N–H and O–H groups in total. The Morgan fingerprint density at radius 1 is 1.00 bits per heavy atom. The molecule has 5 heteroatoms. The van der Waals surface area contributed by atoms with Crippen LogP contribution in [0.15, 0.2) is 91.8 Å². The van der Waals surface area contributed by atoms with Gasteiger partial charge < -0.3 is 15.5 Å². The Morgan fingerprint density at radius 2 is 1.71 bits per heavy atom. The van der Waals surface area contributed by atoms with E-state index in [4.69, 9.17) is 5.26 Å². The fourth-order valence-electron chi connectivity index (χ4n) is 4.31. The molecule has 0 radical (unpaired) electrons. The van der Waals surface area contributed by atoms with Gasteiger partial charge in [0.05, 0.1) is 23.1 Å². The van der Waals surface area contributed by atoms with Crippen LogP contribution in [0.4, 0.5) is 10.1 Å². The Kier molecular flexibility index (Phi) is 7.29. The van der Waals surface area contributed by atoms with Gasteiger partial charge in [0.25, 0.3) is 0 Å². The zero-order valence-corrected chi connectivity index (χ0v) is 19.2. The average Bonchev–Trinajstić information content (AvgIpc) is 2.89. The first-order valence-corrected chi connectivity index (χ1v) is 11.5. The fourth-order valence-corrected chi connectivity index (χ4v) is 4.31. The highest BCUT2D eigenvalue weighted by Crippen LogP contribution is 2.32. The van der Waals surface area contributed by atoms with Gasteiger partial charge in [0.1, 0.15) is 5.82 Å². The van der Waals surface area contributed by atoms with E-state index in [9.17, 15) is 4.39 Å². The Morgan fingerprint density at radius 3 is 2.38 bits per heavy atom. The smallest absolute Gasteiger partial charge is 0.146 e. The molecular weight excluding hydrogens is 423 g/mol. The Labute approximate surface area is 201 Å². The third kappa shape index (κ3) is 5.65. The van der Waals surface area contributed by atoms with Gasteiger partial charge in [0.2, 0.25) is 0 Å². The van der Waals surface area contributed by atoms with Crippen molar-refractivity contribution in [3.05, 3.63) is 120 Å². The van der Waals surface area contributed by atoms with Crippen molar-refractivity contribution in [1.29, 1.82) is 5.26 Å². The van der Waals surface area contributed by atoms with E-state index in [1.165, 1.54) is 11.6 Å². The summed E-state index contributed by atoms with van der Waals surface area (Å²) in [5.41, 5.74) is 5.24. The minimum absolute atomic E-state index is 0.335. The summed E-state index contributed by atoms with van der Waals surface area (Å²) < 4.78 is 14.5. The second kappa shape index (κ2) is 10.7. The minimum Gasteiger partial charge on any atom is -0.371 e. The quantitative estimate of drug-likeness (QED) is 0.426. The Balaban J connectivity index is 1.35. The molecule has 3 aromatic rings. The van der Waals surface area contributed by atoms with E-state index in [1.807, 2.05) is 42.5 Å². The summed E-state index contributed by atoms with van der Waals surface area (Å²) in [6.07, 6.45) is 2.02. The van der Waals surface area contributed by atoms with Crippen molar-refractivity contribution in [3.8, 4) is 6.07 Å². The van der Waals surface area contributed by atoms with Gasteiger partial charge >= 0.3 is 0 Å². The van der Waals surface area contributed by atoms with Gasteiger partial charge in [-0.05, 0) is 65.8 Å². The van der Waals surface area contributed by atoms with Crippen LogP contribution in [-0.2, 0) is 6.54 Å². The minimum atomic E-state index is -0.335. The lowest BCUT2D eigenvalue weighted by molar-refractivity contribution is 0.299. The van der Waals surface area contributed by atoms with Gasteiger partial charge in [-0.3, -0.25) is 0 Å². The van der Waals surface area contributed by atoms with Crippen molar-refractivity contribution in [3.63, 3.8) is 0 Å². The van der Waals surface area contributed by atoms with Gasteiger partial charge in [0.15, 0.2) is 0 Å². The molecule has 0 aromatic heterocycles. The molecule has 4 nitrogen and oxygen atoms in total. The van der Waals surface area contributed by atoms with E-state index < -0.39 is 0 Å². The van der Waals surface area contributed by atoms with E-state index in [0.717, 1.165) is 42.8 Å². The van der Waals surface area contributed by atoms with E-state index in [1.54, 1.807) is 12.1 Å². The molecule has 1 aliphatic rings. The number of anilines is 1. The van der Waals surface area contributed by atoms with Gasteiger partial charge in [-0.15, -0.1) is 0 Å². The summed E-state index contributed by atoms with van der Waals surface area (Å²) in [6.45, 7) is 10.6. The molecule has 3 aromatic carbocycles. The van der Waals surface area contributed by atoms with Crippen molar-refractivity contribution in [2.24, 2.45) is 0 Å². The topological polar surface area (TPSA) is 51.1 Å². The van der Waals surface area contributed by atoms with Crippen LogP contribution in [-0.4, -0.2) is 18.0 Å². The summed E-state index contributed by atoms with van der Waals surface area (Å²) >= 11 is 0. The van der Waals surface area contributed by atoms with Crippen LogP contribution < -0.4 is 10.6 Å². The summed E-state index contributed by atoms with van der Waals surface area (Å²) in [5.74, 6) is 0.675. The highest BCUT2D eigenvalue weighted by molar-refractivity contribution is 5.67. The molecule has 172 valence electrons. The largest absolute Gasteiger partial charge is 0.371 e. The van der Waals surface area contributed by atoms with Crippen LogP contribution in [0.3, 0.4) is 0 Å². The first-order valence-electron chi connectivity index (χ1n) is 11.5. The molecule has 0 saturated carbocycles. The Bertz CT molecular complexity index is 1190. The number of hydrogen-bond donors (Lipinski definition) is 2. The molecule has 1 saturated heterocycles. The molecule has 0 amide bonds. The molecule has 0 atom stereocenters. The standard InChI is InChI=1S/C29H29FN4/c1-21(34-16-14-26(15-17-34)25-10-8-23(19-31)9-11-25)27-12-13-28(30)29(18-27)33-22(2)32-20-24-6-4-3-5-7-24/h3-13,18,26,32-33H,1-2,14-17,20H2. The average molecular weight is 453 g/mol. The molecule has 1 aliphatic heterocycles. The van der Waals surface area contributed by atoms with Gasteiger partial charge in [-0.2, -0.15) is 5.26 Å². The molecule has 0 aliphatic carbocycles. The number of likely N-dealkylation sites (tertiary alicyclic amines) is 1. The van der Waals surface area contributed by atoms with Crippen molar-refractivity contribution < 1.29 is 4.39 Å². The second-order valence-corrected chi connectivity index (χ2v) is 8.58. The molecule has 4 rings (SSSR count). The number of halogens is 1. The van der Waals surface area contributed by atoms with Crippen molar-refractivity contribution in [2.75, 3.05) is 18.4 Å². The highest BCUT2D eigenvalue weighted by atomic mass is 19.1. The molecule has 0 spiro atoms. The lowest BCUT2D eigenvalue weighted by atomic mass is 9.88. The zero-order chi connectivity index (χ0) is 23.9. The third-order valence-corrected chi connectivity index (χ3v) is 6.32. The molecular formula is C29H29FN4. The van der Waals surface area contributed by atoms with E-state index in [0.29, 0.717) is 29.5 Å². The number of benzene rings is 3. The summed E-state index contributed by atoms with van der Waals surface area (Å²) in [6, 6.07) is 25.1. The molecule has 34 heavy (non-hydrogen) atoms. The normalized spacial score (nSPS) is 13.7. The molecule has 0 bridgehead atoms. The maximum Gasteiger partial charge on any atom is 0.146 e. The van der Waals surface area contributed by atoms with E-state index in [2.05, 4.69) is 46.9 Å². The number of nitrogens with zero attached hydrogens (tertiary/aromatic N) is 2. The predicted octanol–water partition coefficient (Wildman–Crippen LogP) is 6.22. The lowest BCUT2D eigenvalue weighted by Gasteiger charge is -2.35. The van der Waals surface area contributed by atoms with Gasteiger partial charge in [0, 0.05) is 25.3 Å². The summed E-state index contributed by atoms with van der Waals surface area (Å²) in [7, 11) is 0. The van der Waals surface area contributed by atoms with Crippen molar-refractivity contribution in [1.82, 2.24) is 10.2 Å². The zero-order valence-electron chi connectivity index (χ0n) is 19.2. The summed E-state index contributed by atoms with van der Waals surface area (Å²) in [4.78, 5) is 2.26. The molecule has 1 fully saturated rings. The summed E-state index contributed by atoms with van der Waals surface area (Å²) in [5, 5.41) is 15.2. The van der Waals surface area contributed by atoms with Gasteiger partial charge in [-0.25, -0.2) is 4.39 Å². The maximum absolute atomic E-state index is 14.5. The number of nitriles is 1. The number of rotatable bonds is 8. The lowest BCUT2D eigenvalue weighted by Crippen LogP contribution is -2.31. The van der Waals surface area contributed by atoms with E-state index in [-0.39, 0.29) is 5.82 Å². The molecule has 0 unspecified atom stereocenters. The van der Waals surface area contributed by atoms with Crippen LogP contribution in [0, 0.1) is 17.1 Å². The predicted molar refractivity (Wildman–Crippen MR) is 136 cm³/mol. The van der Waals surface area contributed by atoms with Crippen LogP contribution in [0.1, 0.15) is 41.0 Å². The SMILES string of the molecule is C=C(NCc1ccccc1)Nc1cc(C(=C)N2CCC(c3ccc(C#N)cc3)CC2)ccc1F. The fraction of sp³-hybridized carbons (Fsp3) is 0.207. The Hall–Kier alpha value is -4.04. The van der Waals surface area contributed by atoms with Crippen LogP contribution in [0.25, 0.3) is 5.70 Å². The van der Waals surface area contributed by atoms with Crippen molar-refractivity contribution in [2.45, 2.75) is 25.3 Å². The first kappa shape index (κ1) is 23.1.